The number of thiazole rings is 1. The minimum atomic E-state index is -0.440. The molecule has 0 aliphatic carbocycles. The molecule has 6 nitrogen and oxygen atoms in total. The van der Waals surface area contributed by atoms with Crippen molar-refractivity contribution in [2.24, 2.45) is 0 Å². The van der Waals surface area contributed by atoms with Gasteiger partial charge in [-0.1, -0.05) is 0 Å². The lowest BCUT2D eigenvalue weighted by Gasteiger charge is -2.10. The summed E-state index contributed by atoms with van der Waals surface area (Å²) in [5, 5.41) is 3.12. The van der Waals surface area contributed by atoms with Crippen molar-refractivity contribution in [1.29, 1.82) is 0 Å². The Morgan fingerprint density at radius 3 is 2.95 bits per heavy atom. The van der Waals surface area contributed by atoms with E-state index in [9.17, 15) is 4.79 Å². The molecule has 0 fully saturated rings. The number of hydrogen-bond acceptors (Lipinski definition) is 7. The van der Waals surface area contributed by atoms with Crippen LogP contribution in [0.5, 0.6) is 0 Å². The number of hydrogen-bond donors (Lipinski definition) is 2. The van der Waals surface area contributed by atoms with Gasteiger partial charge in [-0.3, -0.25) is 0 Å². The molecule has 0 aliphatic heterocycles. The van der Waals surface area contributed by atoms with E-state index in [0.717, 1.165) is 10.6 Å². The maximum absolute atomic E-state index is 11.7. The van der Waals surface area contributed by atoms with Crippen molar-refractivity contribution in [3.63, 3.8) is 0 Å². The van der Waals surface area contributed by atoms with E-state index < -0.39 is 5.97 Å². The van der Waals surface area contributed by atoms with E-state index in [-0.39, 0.29) is 0 Å². The predicted octanol–water partition coefficient (Wildman–Crippen LogP) is 2.22. The quantitative estimate of drug-likeness (QED) is 0.821. The number of nitrogens with zero attached hydrogens (tertiary/aromatic N) is 2. The fraction of sp³-hybridized carbons (Fsp3) is 0.308. The highest BCUT2D eigenvalue weighted by atomic mass is 32.1. The summed E-state index contributed by atoms with van der Waals surface area (Å²) in [6.07, 6.45) is 1.53. The molecular formula is C13H16N4O2S. The average Bonchev–Trinajstić information content (AvgIpc) is 2.83. The number of ether oxygens (including phenoxy) is 1. The molecule has 0 bridgehead atoms. The third-order valence-corrected chi connectivity index (χ3v) is 3.68. The van der Waals surface area contributed by atoms with Gasteiger partial charge in [0.05, 0.1) is 35.6 Å². The van der Waals surface area contributed by atoms with Crippen LogP contribution in [0.25, 0.3) is 0 Å². The number of esters is 1. The molecule has 0 aliphatic rings. The van der Waals surface area contributed by atoms with Gasteiger partial charge in [0.15, 0.2) is 0 Å². The van der Waals surface area contributed by atoms with Crippen LogP contribution in [0.15, 0.2) is 17.8 Å². The normalized spacial score (nSPS) is 10.3. The molecule has 0 radical (unpaired) electrons. The number of anilines is 2. The maximum atomic E-state index is 11.7. The number of nitrogens with two attached hydrogens (primary N) is 1. The zero-order valence-corrected chi connectivity index (χ0v) is 12.2. The number of aromatic nitrogens is 2. The van der Waals surface area contributed by atoms with E-state index in [1.165, 1.54) is 6.20 Å². The van der Waals surface area contributed by atoms with Crippen molar-refractivity contribution in [3.05, 3.63) is 33.9 Å². The first-order chi connectivity index (χ1) is 9.63. The van der Waals surface area contributed by atoms with Crippen molar-refractivity contribution in [3.8, 4) is 0 Å². The second-order valence-electron chi connectivity index (χ2n) is 4.06. The first-order valence-electron chi connectivity index (χ1n) is 6.18. The van der Waals surface area contributed by atoms with Crippen LogP contribution in [0, 0.1) is 6.92 Å². The molecule has 0 aromatic carbocycles. The van der Waals surface area contributed by atoms with Crippen molar-refractivity contribution in [2.45, 2.75) is 20.4 Å². The summed E-state index contributed by atoms with van der Waals surface area (Å²) < 4.78 is 4.95. The van der Waals surface area contributed by atoms with Crippen LogP contribution in [0.2, 0.25) is 0 Å². The molecule has 0 saturated heterocycles. The van der Waals surface area contributed by atoms with E-state index >= 15 is 0 Å². The number of rotatable bonds is 5. The fourth-order valence-corrected chi connectivity index (χ4v) is 2.38. The van der Waals surface area contributed by atoms with Gasteiger partial charge in [-0.25, -0.2) is 14.8 Å². The lowest BCUT2D eigenvalue weighted by molar-refractivity contribution is 0.0527. The molecule has 2 aromatic rings. The fourth-order valence-electron chi connectivity index (χ4n) is 1.66. The Morgan fingerprint density at radius 2 is 2.30 bits per heavy atom. The zero-order chi connectivity index (χ0) is 14.5. The van der Waals surface area contributed by atoms with Crippen LogP contribution in [0.3, 0.4) is 0 Å². The minimum Gasteiger partial charge on any atom is -0.462 e. The Balaban J connectivity index is 2.14. The van der Waals surface area contributed by atoms with Gasteiger partial charge >= 0.3 is 5.97 Å². The molecule has 2 heterocycles. The molecular weight excluding hydrogens is 276 g/mol. The Bertz CT molecular complexity index is 612. The van der Waals surface area contributed by atoms with Gasteiger partial charge in [0, 0.05) is 11.1 Å². The highest BCUT2D eigenvalue weighted by Crippen LogP contribution is 2.22. The first-order valence-corrected chi connectivity index (χ1v) is 7.05. The van der Waals surface area contributed by atoms with Crippen LogP contribution in [-0.4, -0.2) is 22.5 Å². The third-order valence-electron chi connectivity index (χ3n) is 2.75. The van der Waals surface area contributed by atoms with Crippen molar-refractivity contribution < 1.29 is 9.53 Å². The number of carbonyl (C=O) groups excluding carboxylic acids is 1. The second kappa shape index (κ2) is 6.33. The number of carbonyl (C=O) groups is 1. The van der Waals surface area contributed by atoms with Crippen LogP contribution < -0.4 is 11.1 Å². The van der Waals surface area contributed by atoms with Gasteiger partial charge in [0.2, 0.25) is 0 Å². The summed E-state index contributed by atoms with van der Waals surface area (Å²) in [5.74, 6) is 0.0350. The smallest absolute Gasteiger partial charge is 0.340 e. The summed E-state index contributed by atoms with van der Waals surface area (Å²) in [6.45, 7) is 4.57. The Hall–Kier alpha value is -2.15. The van der Waals surface area contributed by atoms with Gasteiger partial charge in [-0.05, 0) is 19.9 Å². The Kier molecular flexibility index (Phi) is 4.52. The van der Waals surface area contributed by atoms with Crippen LogP contribution >= 0.6 is 11.3 Å². The maximum Gasteiger partial charge on any atom is 0.340 e. The highest BCUT2D eigenvalue weighted by molar-refractivity contribution is 7.09. The van der Waals surface area contributed by atoms with Crippen molar-refractivity contribution >= 4 is 28.8 Å². The molecule has 0 saturated carbocycles. The molecule has 3 N–H and O–H groups in total. The van der Waals surface area contributed by atoms with Gasteiger partial charge in [-0.2, -0.15) is 0 Å². The molecule has 0 amide bonds. The van der Waals surface area contributed by atoms with Crippen LogP contribution in [0.1, 0.15) is 27.9 Å². The largest absolute Gasteiger partial charge is 0.462 e. The van der Waals surface area contributed by atoms with E-state index in [2.05, 4.69) is 15.3 Å². The van der Waals surface area contributed by atoms with Gasteiger partial charge in [0.25, 0.3) is 0 Å². The number of nitrogens with one attached hydrogen (secondary N) is 1. The standard InChI is InChI=1S/C13H16N4O2S/c1-3-19-13(18)9-4-5-15-12(11(9)14)16-6-10-8(2)17-7-20-10/h4-5,7H,3,6,14H2,1-2H3,(H,15,16). The molecule has 7 heteroatoms. The molecule has 20 heavy (non-hydrogen) atoms. The van der Waals surface area contributed by atoms with Crippen LogP contribution in [0.4, 0.5) is 11.5 Å². The number of aryl methyl sites for hydroxylation is 1. The third kappa shape index (κ3) is 3.05. The summed E-state index contributed by atoms with van der Waals surface area (Å²) in [5.41, 5.74) is 9.34. The molecule has 0 atom stereocenters. The topological polar surface area (TPSA) is 90.1 Å². The Labute approximate surface area is 121 Å². The van der Waals surface area contributed by atoms with E-state index in [1.807, 2.05) is 6.92 Å². The number of pyridine rings is 1. The van der Waals surface area contributed by atoms with Gasteiger partial charge in [-0.15, -0.1) is 11.3 Å². The van der Waals surface area contributed by atoms with Crippen molar-refractivity contribution in [2.75, 3.05) is 17.7 Å². The SMILES string of the molecule is CCOC(=O)c1ccnc(NCc2scnc2C)c1N. The summed E-state index contributed by atoms with van der Waals surface area (Å²) in [7, 11) is 0. The summed E-state index contributed by atoms with van der Waals surface area (Å²) in [6, 6.07) is 1.55. The predicted molar refractivity (Wildman–Crippen MR) is 78.8 cm³/mol. The first kappa shape index (κ1) is 14.3. The van der Waals surface area contributed by atoms with Gasteiger partial charge in [0.1, 0.15) is 5.82 Å². The molecule has 0 unspecified atom stereocenters. The molecule has 0 spiro atoms. The Morgan fingerprint density at radius 1 is 1.50 bits per heavy atom. The van der Waals surface area contributed by atoms with Gasteiger partial charge < -0.3 is 15.8 Å². The summed E-state index contributed by atoms with van der Waals surface area (Å²) >= 11 is 1.56. The van der Waals surface area contributed by atoms with Crippen LogP contribution in [-0.2, 0) is 11.3 Å². The monoisotopic (exact) mass is 292 g/mol. The van der Waals surface area contributed by atoms with Crippen molar-refractivity contribution in [1.82, 2.24) is 9.97 Å². The summed E-state index contributed by atoms with van der Waals surface area (Å²) in [4.78, 5) is 21.2. The minimum absolute atomic E-state index is 0.299. The lowest BCUT2D eigenvalue weighted by Crippen LogP contribution is -2.11. The molecule has 106 valence electrons. The van der Waals surface area contributed by atoms with E-state index in [4.69, 9.17) is 10.5 Å². The zero-order valence-electron chi connectivity index (χ0n) is 11.3. The lowest BCUT2D eigenvalue weighted by atomic mass is 10.2. The average molecular weight is 292 g/mol. The van der Waals surface area contributed by atoms with E-state index in [0.29, 0.717) is 30.2 Å². The number of nitrogen functional groups attached to an aromatic ring is 1. The molecule has 2 rings (SSSR count). The second-order valence-corrected chi connectivity index (χ2v) is 5.00. The molecule has 2 aromatic heterocycles. The highest BCUT2D eigenvalue weighted by Gasteiger charge is 2.14. The van der Waals surface area contributed by atoms with E-state index in [1.54, 1.807) is 29.8 Å².